The second kappa shape index (κ2) is 8.90. The van der Waals surface area contributed by atoms with Gasteiger partial charge < -0.3 is 4.74 Å². The Morgan fingerprint density at radius 2 is 1.53 bits per heavy atom. The molecule has 2 aliphatic rings. The first-order valence-corrected chi connectivity index (χ1v) is 11.7. The molecule has 0 spiro atoms. The molecule has 5 rings (SSSR count). The average molecular weight is 454 g/mol. The van der Waals surface area contributed by atoms with Crippen molar-refractivity contribution in [1.29, 1.82) is 0 Å². The van der Waals surface area contributed by atoms with E-state index in [2.05, 4.69) is 12.1 Å². The molecule has 0 unspecified atom stereocenters. The molecule has 5 nitrogen and oxygen atoms in total. The Morgan fingerprint density at radius 3 is 2.26 bits per heavy atom. The zero-order chi connectivity index (χ0) is 23.8. The minimum Gasteiger partial charge on any atom is -0.423 e. The summed E-state index contributed by atoms with van der Waals surface area (Å²) in [5, 5.41) is 0. The fourth-order valence-electron chi connectivity index (χ4n) is 5.39. The summed E-state index contributed by atoms with van der Waals surface area (Å²) in [5.74, 6) is -0.725. The third kappa shape index (κ3) is 4.14. The third-order valence-corrected chi connectivity index (χ3v) is 6.94. The van der Waals surface area contributed by atoms with Gasteiger partial charge in [-0.25, -0.2) is 4.79 Å². The molecule has 172 valence electrons. The SMILES string of the molecule is Cc1cc(C)cc(OC(=O)c2cccc(N3C(=O)[C@H]4C[C@@H](c5ccccc5)CC[C@H]4C3=O)c2)c1. The molecule has 0 aromatic heterocycles. The van der Waals surface area contributed by atoms with Crippen LogP contribution in [-0.4, -0.2) is 17.8 Å². The van der Waals surface area contributed by atoms with Gasteiger partial charge in [-0.3, -0.25) is 14.5 Å². The molecule has 1 saturated heterocycles. The highest BCUT2D eigenvalue weighted by Gasteiger charge is 2.50. The maximum atomic E-state index is 13.4. The number of carbonyl (C=O) groups excluding carboxylic acids is 3. The van der Waals surface area contributed by atoms with E-state index in [1.807, 2.05) is 38.1 Å². The number of hydrogen-bond acceptors (Lipinski definition) is 4. The van der Waals surface area contributed by atoms with E-state index in [0.29, 0.717) is 29.8 Å². The van der Waals surface area contributed by atoms with Crippen LogP contribution in [0.3, 0.4) is 0 Å². The summed E-state index contributed by atoms with van der Waals surface area (Å²) in [6.07, 6.45) is 2.25. The highest BCUT2D eigenvalue weighted by atomic mass is 16.5. The standard InChI is InChI=1S/C29H27NO4/c1-18-13-19(2)15-24(14-18)34-29(33)22-9-6-10-23(16-22)30-27(31)25-12-11-21(17-26(25)28(30)32)20-7-4-3-5-8-20/h3-10,13-16,21,25-26H,11-12,17H2,1-2H3/t21-,25+,26-/m0/s1. The fraction of sp³-hybridized carbons (Fsp3) is 0.276. The second-order valence-electron chi connectivity index (χ2n) is 9.41. The van der Waals surface area contributed by atoms with Crippen molar-refractivity contribution in [2.75, 3.05) is 4.90 Å². The number of benzene rings is 3. The van der Waals surface area contributed by atoms with E-state index in [1.165, 1.54) is 10.5 Å². The minimum absolute atomic E-state index is 0.165. The van der Waals surface area contributed by atoms with Gasteiger partial charge in [0.2, 0.25) is 11.8 Å². The smallest absolute Gasteiger partial charge is 0.343 e. The number of ether oxygens (including phenoxy) is 1. The number of rotatable bonds is 4. The quantitative estimate of drug-likeness (QED) is 0.293. The van der Waals surface area contributed by atoms with Crippen LogP contribution < -0.4 is 9.64 Å². The van der Waals surface area contributed by atoms with E-state index < -0.39 is 5.97 Å². The van der Waals surface area contributed by atoms with Crippen LogP contribution in [0.25, 0.3) is 0 Å². The summed E-state index contributed by atoms with van der Waals surface area (Å²) < 4.78 is 5.56. The molecule has 2 amide bonds. The molecule has 2 fully saturated rings. The van der Waals surface area contributed by atoms with Gasteiger partial charge in [0.25, 0.3) is 0 Å². The Kier molecular flexibility index (Phi) is 5.78. The van der Waals surface area contributed by atoms with Gasteiger partial charge in [0.05, 0.1) is 23.1 Å². The van der Waals surface area contributed by atoms with E-state index >= 15 is 0 Å². The molecule has 0 radical (unpaired) electrons. The van der Waals surface area contributed by atoms with E-state index in [1.54, 1.807) is 36.4 Å². The molecular weight excluding hydrogens is 426 g/mol. The van der Waals surface area contributed by atoms with Crippen LogP contribution in [0.2, 0.25) is 0 Å². The number of hydrogen-bond donors (Lipinski definition) is 0. The molecule has 0 bridgehead atoms. The summed E-state index contributed by atoms with van der Waals surface area (Å²) in [6, 6.07) is 22.4. The van der Waals surface area contributed by atoms with Crippen molar-refractivity contribution in [3.05, 3.63) is 95.1 Å². The first-order chi connectivity index (χ1) is 16.4. The second-order valence-corrected chi connectivity index (χ2v) is 9.41. The first kappa shape index (κ1) is 22.1. The lowest BCUT2D eigenvalue weighted by atomic mass is 9.73. The minimum atomic E-state index is -0.521. The van der Waals surface area contributed by atoms with Crippen molar-refractivity contribution in [1.82, 2.24) is 0 Å². The van der Waals surface area contributed by atoms with Gasteiger partial charge in [-0.1, -0.05) is 42.5 Å². The Balaban J connectivity index is 1.36. The van der Waals surface area contributed by atoms with Crippen LogP contribution in [0.15, 0.2) is 72.8 Å². The van der Waals surface area contributed by atoms with E-state index in [4.69, 9.17) is 4.74 Å². The molecule has 34 heavy (non-hydrogen) atoms. The first-order valence-electron chi connectivity index (χ1n) is 11.7. The van der Waals surface area contributed by atoms with E-state index in [-0.39, 0.29) is 29.6 Å². The van der Waals surface area contributed by atoms with Crippen molar-refractivity contribution in [2.45, 2.75) is 39.0 Å². The number of carbonyl (C=O) groups is 3. The predicted octanol–water partition coefficient (Wildman–Crippen LogP) is 5.60. The largest absolute Gasteiger partial charge is 0.423 e. The molecule has 0 N–H and O–H groups in total. The van der Waals surface area contributed by atoms with Gasteiger partial charge >= 0.3 is 5.97 Å². The van der Waals surface area contributed by atoms with Gasteiger partial charge in [0.15, 0.2) is 0 Å². The van der Waals surface area contributed by atoms with Crippen LogP contribution in [-0.2, 0) is 9.59 Å². The summed E-state index contributed by atoms with van der Waals surface area (Å²) in [7, 11) is 0. The maximum Gasteiger partial charge on any atom is 0.343 e. The molecule has 3 atom stereocenters. The lowest BCUT2D eigenvalue weighted by Gasteiger charge is -2.28. The van der Waals surface area contributed by atoms with Crippen LogP contribution in [0.5, 0.6) is 5.75 Å². The lowest BCUT2D eigenvalue weighted by Crippen LogP contribution is -2.31. The van der Waals surface area contributed by atoms with Crippen LogP contribution >= 0.6 is 0 Å². The molecule has 5 heteroatoms. The molecule has 1 saturated carbocycles. The number of aryl methyl sites for hydroxylation is 2. The van der Waals surface area contributed by atoms with Crippen molar-refractivity contribution in [3.63, 3.8) is 0 Å². The number of esters is 1. The monoisotopic (exact) mass is 453 g/mol. The molecule has 1 aliphatic carbocycles. The summed E-state index contributed by atoms with van der Waals surface area (Å²) >= 11 is 0. The summed E-state index contributed by atoms with van der Waals surface area (Å²) in [6.45, 7) is 3.88. The van der Waals surface area contributed by atoms with E-state index in [9.17, 15) is 14.4 Å². The van der Waals surface area contributed by atoms with Crippen molar-refractivity contribution < 1.29 is 19.1 Å². The normalized spacial score (nSPS) is 21.9. The van der Waals surface area contributed by atoms with E-state index in [0.717, 1.165) is 17.5 Å². The maximum absolute atomic E-state index is 13.4. The zero-order valence-corrected chi connectivity index (χ0v) is 19.4. The Morgan fingerprint density at radius 1 is 0.824 bits per heavy atom. The predicted molar refractivity (Wildman–Crippen MR) is 130 cm³/mol. The number of imide groups is 1. The average Bonchev–Trinajstić information content (AvgIpc) is 3.08. The number of anilines is 1. The fourth-order valence-corrected chi connectivity index (χ4v) is 5.39. The molecule has 1 aliphatic heterocycles. The van der Waals surface area contributed by atoms with Crippen molar-refractivity contribution in [3.8, 4) is 5.75 Å². The summed E-state index contributed by atoms with van der Waals surface area (Å²) in [4.78, 5) is 40.7. The molecule has 3 aromatic carbocycles. The number of amides is 2. The number of fused-ring (bicyclic) bond motifs is 1. The molecular formula is C29H27NO4. The van der Waals surface area contributed by atoms with Crippen LogP contribution in [0.4, 0.5) is 5.69 Å². The highest BCUT2D eigenvalue weighted by Crippen LogP contribution is 2.45. The Bertz CT molecular complexity index is 1250. The Hall–Kier alpha value is -3.73. The van der Waals surface area contributed by atoms with Crippen LogP contribution in [0.1, 0.15) is 52.2 Å². The highest BCUT2D eigenvalue weighted by molar-refractivity contribution is 6.22. The lowest BCUT2D eigenvalue weighted by molar-refractivity contribution is -0.122. The van der Waals surface area contributed by atoms with Crippen LogP contribution in [0, 0.1) is 25.7 Å². The van der Waals surface area contributed by atoms with Gasteiger partial charge in [0, 0.05) is 0 Å². The third-order valence-electron chi connectivity index (χ3n) is 6.94. The topological polar surface area (TPSA) is 63.7 Å². The van der Waals surface area contributed by atoms with Gasteiger partial charge in [-0.05, 0) is 86.1 Å². The van der Waals surface area contributed by atoms with Gasteiger partial charge in [-0.15, -0.1) is 0 Å². The number of nitrogens with zero attached hydrogens (tertiary/aromatic N) is 1. The Labute approximate surface area is 199 Å². The van der Waals surface area contributed by atoms with Gasteiger partial charge in [0.1, 0.15) is 5.75 Å². The molecule has 1 heterocycles. The molecule has 3 aromatic rings. The summed E-state index contributed by atoms with van der Waals surface area (Å²) in [5.41, 5.74) is 3.95. The zero-order valence-electron chi connectivity index (χ0n) is 19.4. The van der Waals surface area contributed by atoms with Gasteiger partial charge in [-0.2, -0.15) is 0 Å². The van der Waals surface area contributed by atoms with Crippen molar-refractivity contribution >= 4 is 23.5 Å². The van der Waals surface area contributed by atoms with Crippen molar-refractivity contribution in [2.24, 2.45) is 11.8 Å².